The maximum Gasteiger partial charge on any atom is 0.308 e. The molecule has 0 spiro atoms. The van der Waals surface area contributed by atoms with E-state index in [4.69, 9.17) is 16.3 Å². The molecule has 36 heavy (non-hydrogen) atoms. The van der Waals surface area contributed by atoms with Crippen molar-refractivity contribution >= 4 is 34.3 Å². The van der Waals surface area contributed by atoms with Crippen LogP contribution in [0.2, 0.25) is 5.02 Å². The van der Waals surface area contributed by atoms with Crippen LogP contribution in [0.25, 0.3) is 10.9 Å². The number of likely N-dealkylation sites (tertiary alicyclic amines) is 1. The lowest BCUT2D eigenvalue weighted by Crippen LogP contribution is -2.44. The molecule has 0 aliphatic carbocycles. The van der Waals surface area contributed by atoms with Crippen LogP contribution in [0, 0.1) is 29.5 Å². The molecule has 1 saturated heterocycles. The van der Waals surface area contributed by atoms with Crippen LogP contribution in [0.4, 0.5) is 4.39 Å². The summed E-state index contributed by atoms with van der Waals surface area (Å²) in [5, 5.41) is 10.7. The van der Waals surface area contributed by atoms with Gasteiger partial charge in [-0.1, -0.05) is 29.5 Å². The monoisotopic (exact) mass is 508 g/mol. The van der Waals surface area contributed by atoms with Gasteiger partial charge in [-0.3, -0.25) is 19.5 Å². The van der Waals surface area contributed by atoms with Crippen LogP contribution in [-0.2, 0) is 4.79 Å². The van der Waals surface area contributed by atoms with Crippen LogP contribution in [0.1, 0.15) is 35.2 Å². The lowest BCUT2D eigenvalue weighted by molar-refractivity contribution is -0.146. The molecule has 0 bridgehead atoms. The Morgan fingerprint density at radius 2 is 2.11 bits per heavy atom. The zero-order valence-corrected chi connectivity index (χ0v) is 20.6. The zero-order valence-electron chi connectivity index (χ0n) is 19.8. The number of pyridine rings is 1. The highest BCUT2D eigenvalue weighted by atomic mass is 35.5. The first-order valence-corrected chi connectivity index (χ1v) is 12.1. The average Bonchev–Trinajstić information content (AvgIpc) is 2.87. The number of carboxylic acid groups (broad SMARTS) is 1. The lowest BCUT2D eigenvalue weighted by Gasteiger charge is -2.35. The number of aromatic nitrogens is 1. The predicted octanol–water partition coefficient (Wildman–Crippen LogP) is 5.07. The fourth-order valence-corrected chi connectivity index (χ4v) is 4.91. The second-order valence-corrected chi connectivity index (χ2v) is 9.27. The molecule has 1 N–H and O–H groups in total. The molecule has 2 atom stereocenters. The number of fused-ring (bicyclic) bond motifs is 1. The van der Waals surface area contributed by atoms with E-state index in [9.17, 15) is 19.1 Å². The molecule has 2 heterocycles. The normalized spacial score (nSPS) is 17.9. The summed E-state index contributed by atoms with van der Waals surface area (Å²) in [7, 11) is 1.55. The summed E-state index contributed by atoms with van der Waals surface area (Å²) in [4.78, 5) is 31.5. The van der Waals surface area contributed by atoms with Gasteiger partial charge in [-0.15, -0.1) is 0 Å². The van der Waals surface area contributed by atoms with E-state index in [-0.39, 0.29) is 29.0 Å². The van der Waals surface area contributed by atoms with Crippen LogP contribution >= 0.6 is 11.6 Å². The Hall–Kier alpha value is -3.47. The van der Waals surface area contributed by atoms with Crippen LogP contribution in [0.15, 0.2) is 48.7 Å². The molecule has 1 aromatic heterocycles. The van der Waals surface area contributed by atoms with Crippen molar-refractivity contribution in [2.24, 2.45) is 11.8 Å². The van der Waals surface area contributed by atoms with E-state index in [1.165, 1.54) is 18.3 Å². The van der Waals surface area contributed by atoms with E-state index >= 15 is 0 Å². The van der Waals surface area contributed by atoms with Crippen molar-refractivity contribution in [2.45, 2.75) is 19.3 Å². The van der Waals surface area contributed by atoms with E-state index in [2.05, 4.69) is 16.8 Å². The minimum Gasteiger partial charge on any atom is -0.497 e. The van der Waals surface area contributed by atoms with Crippen LogP contribution < -0.4 is 4.74 Å². The number of ether oxygens (including phenoxy) is 1. The quantitative estimate of drug-likeness (QED) is 0.354. The third-order valence-corrected chi connectivity index (χ3v) is 6.85. The number of carbonyl (C=O) groups is 2. The number of nitrogens with zero attached hydrogens (tertiary/aromatic N) is 2. The minimum absolute atomic E-state index is 0.139. The van der Waals surface area contributed by atoms with Gasteiger partial charge in [0.25, 0.3) is 0 Å². The van der Waals surface area contributed by atoms with Gasteiger partial charge in [0.1, 0.15) is 11.6 Å². The topological polar surface area (TPSA) is 79.7 Å². The van der Waals surface area contributed by atoms with Crippen molar-refractivity contribution in [1.82, 2.24) is 9.88 Å². The van der Waals surface area contributed by atoms with Crippen molar-refractivity contribution in [3.05, 3.63) is 70.6 Å². The van der Waals surface area contributed by atoms with Crippen molar-refractivity contribution in [2.75, 3.05) is 26.7 Å². The van der Waals surface area contributed by atoms with Gasteiger partial charge in [0.05, 0.1) is 30.1 Å². The minimum atomic E-state index is -0.882. The number of carboxylic acids is 1. The summed E-state index contributed by atoms with van der Waals surface area (Å²) < 4.78 is 18.6. The number of rotatable bonds is 7. The molecule has 1 aliphatic heterocycles. The molecule has 0 amide bonds. The Labute approximate surface area is 214 Å². The highest BCUT2D eigenvalue weighted by Crippen LogP contribution is 2.32. The van der Waals surface area contributed by atoms with Gasteiger partial charge in [-0.05, 0) is 61.7 Å². The summed E-state index contributed by atoms with van der Waals surface area (Å²) in [6.07, 6.45) is 2.74. The van der Waals surface area contributed by atoms with Crippen LogP contribution in [0.3, 0.4) is 0 Å². The molecule has 186 valence electrons. The van der Waals surface area contributed by atoms with E-state index in [0.29, 0.717) is 60.3 Å². The summed E-state index contributed by atoms with van der Waals surface area (Å²) in [6.45, 7) is 1.42. The molecule has 0 saturated carbocycles. The van der Waals surface area contributed by atoms with Gasteiger partial charge in [0.2, 0.25) is 0 Å². The van der Waals surface area contributed by atoms with E-state index in [1.54, 1.807) is 37.4 Å². The molecule has 6 nitrogen and oxygen atoms in total. The van der Waals surface area contributed by atoms with Crippen molar-refractivity contribution in [1.29, 1.82) is 0 Å². The smallest absolute Gasteiger partial charge is 0.308 e. The molecular weight excluding hydrogens is 483 g/mol. The summed E-state index contributed by atoms with van der Waals surface area (Å²) >= 11 is 6.36. The van der Waals surface area contributed by atoms with Crippen molar-refractivity contribution in [3.63, 3.8) is 0 Å². The number of carbonyl (C=O) groups excluding carboxylic acids is 1. The van der Waals surface area contributed by atoms with E-state index in [1.807, 2.05) is 4.90 Å². The van der Waals surface area contributed by atoms with Crippen LogP contribution in [-0.4, -0.2) is 53.5 Å². The molecule has 2 unspecified atom stereocenters. The van der Waals surface area contributed by atoms with Gasteiger partial charge >= 0.3 is 5.97 Å². The number of piperidine rings is 1. The number of hydrogen-bond acceptors (Lipinski definition) is 5. The fraction of sp³-hybridized carbons (Fsp3) is 0.321. The van der Waals surface area contributed by atoms with Gasteiger partial charge in [-0.2, -0.15) is 0 Å². The first kappa shape index (κ1) is 25.6. The van der Waals surface area contributed by atoms with Crippen LogP contribution in [0.5, 0.6) is 5.75 Å². The van der Waals surface area contributed by atoms with Crippen molar-refractivity contribution in [3.8, 4) is 17.6 Å². The lowest BCUT2D eigenvalue weighted by atomic mass is 9.81. The number of Topliss-reactive ketones (excluding diaryl/α,β-unsaturated/α-hetero) is 1. The molecule has 3 aromatic rings. The Kier molecular flexibility index (Phi) is 8.19. The summed E-state index contributed by atoms with van der Waals surface area (Å²) in [6, 6.07) is 11.3. The fourth-order valence-electron chi connectivity index (χ4n) is 4.66. The third-order valence-electron chi connectivity index (χ3n) is 6.57. The molecule has 0 radical (unpaired) electrons. The summed E-state index contributed by atoms with van der Waals surface area (Å²) in [5.41, 5.74) is 1.61. The maximum absolute atomic E-state index is 13.3. The van der Waals surface area contributed by atoms with Gasteiger partial charge in [0.15, 0.2) is 5.78 Å². The number of hydrogen-bond donors (Lipinski definition) is 1. The number of halogens is 2. The molecule has 1 fully saturated rings. The van der Waals surface area contributed by atoms with Crippen molar-refractivity contribution < 1.29 is 23.8 Å². The number of methoxy groups -OCH3 is 1. The second kappa shape index (κ2) is 11.5. The SMILES string of the molecule is COc1ccc2ncc(Cl)c(C(=O)CCC3CCN(CC#Cc4cccc(F)c4)CC3C(=O)O)c2c1. The highest BCUT2D eigenvalue weighted by Gasteiger charge is 2.34. The Morgan fingerprint density at radius 3 is 2.86 bits per heavy atom. The first-order valence-electron chi connectivity index (χ1n) is 11.7. The van der Waals surface area contributed by atoms with E-state index < -0.39 is 11.9 Å². The maximum atomic E-state index is 13.3. The second-order valence-electron chi connectivity index (χ2n) is 8.87. The van der Waals surface area contributed by atoms with E-state index in [0.717, 1.165) is 0 Å². The molecule has 1 aliphatic rings. The molecule has 8 heteroatoms. The van der Waals surface area contributed by atoms with Gasteiger partial charge in [0, 0.05) is 35.7 Å². The largest absolute Gasteiger partial charge is 0.497 e. The zero-order chi connectivity index (χ0) is 25.7. The third kappa shape index (κ3) is 6.01. The Bertz CT molecular complexity index is 1350. The summed E-state index contributed by atoms with van der Waals surface area (Å²) in [5.74, 6) is 4.41. The molecule has 4 rings (SSSR count). The standard InChI is InChI=1S/C28H26ClFN2O4/c1-36-21-8-9-25-22(15-21)27(24(29)16-31-25)26(33)10-7-19-11-13-32(17-23(19)28(34)35)12-3-5-18-4-2-6-20(30)14-18/h2,4,6,8-9,14-16,19,23H,7,10-13,17H2,1H3,(H,34,35). The average molecular weight is 509 g/mol. The number of ketones is 1. The number of aliphatic carboxylic acids is 1. The molecule has 2 aromatic carbocycles. The Balaban J connectivity index is 1.41. The predicted molar refractivity (Wildman–Crippen MR) is 136 cm³/mol. The highest BCUT2D eigenvalue weighted by molar-refractivity contribution is 6.35. The number of benzene rings is 2. The van der Waals surface area contributed by atoms with Gasteiger partial charge in [-0.25, -0.2) is 4.39 Å². The first-order chi connectivity index (χ1) is 17.4. The molecular formula is C28H26ClFN2O4. The Morgan fingerprint density at radius 1 is 1.28 bits per heavy atom. The van der Waals surface area contributed by atoms with Gasteiger partial charge < -0.3 is 9.84 Å².